The van der Waals surface area contributed by atoms with Crippen molar-refractivity contribution in [3.05, 3.63) is 0 Å². The second-order valence-electron chi connectivity index (χ2n) is 3.30. The van der Waals surface area contributed by atoms with Gasteiger partial charge in [-0.15, -0.1) is 11.6 Å². The highest BCUT2D eigenvalue weighted by Gasteiger charge is 2.45. The van der Waals surface area contributed by atoms with Crippen LogP contribution < -0.4 is 4.72 Å². The predicted octanol–water partition coefficient (Wildman–Crippen LogP) is 0.154. The number of nitrogens with one attached hydrogen (secondary N) is 1. The standard InChI is InChI=1S/C6H13ClN2O2S/c1-9(2)12(10,11)8-6(5-7)3-4-6/h8H,3-5H2,1-2H3. The van der Waals surface area contributed by atoms with Gasteiger partial charge in [-0.2, -0.15) is 17.4 Å². The van der Waals surface area contributed by atoms with Gasteiger partial charge in [0.25, 0.3) is 10.2 Å². The molecule has 0 unspecified atom stereocenters. The lowest BCUT2D eigenvalue weighted by Crippen LogP contribution is -2.44. The Bertz CT molecular complexity index is 259. The maximum absolute atomic E-state index is 11.3. The van der Waals surface area contributed by atoms with Crippen LogP contribution in [0.3, 0.4) is 0 Å². The van der Waals surface area contributed by atoms with Crippen molar-refractivity contribution in [3.63, 3.8) is 0 Å². The normalized spacial score (nSPS) is 21.3. The Hall–Kier alpha value is 0.160. The maximum Gasteiger partial charge on any atom is 0.279 e. The van der Waals surface area contributed by atoms with Gasteiger partial charge in [0.15, 0.2) is 0 Å². The first-order chi connectivity index (χ1) is 5.42. The fraction of sp³-hybridized carbons (Fsp3) is 1.00. The first-order valence-electron chi connectivity index (χ1n) is 3.69. The smallest absolute Gasteiger partial charge is 0.195 e. The van der Waals surface area contributed by atoms with E-state index in [0.717, 1.165) is 17.1 Å². The van der Waals surface area contributed by atoms with Gasteiger partial charge in [0.1, 0.15) is 0 Å². The summed E-state index contributed by atoms with van der Waals surface area (Å²) in [6.07, 6.45) is 1.67. The van der Waals surface area contributed by atoms with Crippen molar-refractivity contribution in [1.29, 1.82) is 0 Å². The fourth-order valence-corrected chi connectivity index (χ4v) is 2.20. The van der Waals surface area contributed by atoms with Crippen LogP contribution in [0.25, 0.3) is 0 Å². The van der Waals surface area contributed by atoms with Gasteiger partial charge in [-0.1, -0.05) is 0 Å². The van der Waals surface area contributed by atoms with Crippen LogP contribution in [-0.2, 0) is 10.2 Å². The van der Waals surface area contributed by atoms with E-state index in [-0.39, 0.29) is 5.54 Å². The molecular weight excluding hydrogens is 200 g/mol. The molecule has 0 aromatic rings. The average Bonchev–Trinajstić information content (AvgIpc) is 2.68. The van der Waals surface area contributed by atoms with Crippen molar-refractivity contribution in [2.45, 2.75) is 18.4 Å². The van der Waals surface area contributed by atoms with Crippen LogP contribution in [0.2, 0.25) is 0 Å². The molecule has 1 aliphatic carbocycles. The molecule has 0 amide bonds. The van der Waals surface area contributed by atoms with Gasteiger partial charge >= 0.3 is 0 Å². The number of hydrogen-bond donors (Lipinski definition) is 1. The first-order valence-corrected chi connectivity index (χ1v) is 5.67. The zero-order valence-electron chi connectivity index (χ0n) is 7.17. The molecular formula is C6H13ClN2O2S. The second-order valence-corrected chi connectivity index (χ2v) is 5.46. The molecule has 1 fully saturated rings. The Balaban J connectivity index is 2.62. The molecule has 0 heterocycles. The van der Waals surface area contributed by atoms with Gasteiger partial charge < -0.3 is 0 Å². The molecule has 72 valence electrons. The summed E-state index contributed by atoms with van der Waals surface area (Å²) in [4.78, 5) is 0. The van der Waals surface area contributed by atoms with E-state index in [4.69, 9.17) is 11.6 Å². The Kier molecular flexibility index (Phi) is 2.68. The highest BCUT2D eigenvalue weighted by molar-refractivity contribution is 7.87. The minimum atomic E-state index is -3.31. The molecule has 0 aromatic heterocycles. The number of halogens is 1. The Morgan fingerprint density at radius 1 is 1.50 bits per heavy atom. The molecule has 1 rings (SSSR count). The van der Waals surface area contributed by atoms with Gasteiger partial charge in [0.2, 0.25) is 0 Å². The molecule has 1 aliphatic rings. The number of nitrogens with zero attached hydrogens (tertiary/aromatic N) is 1. The van der Waals surface area contributed by atoms with Gasteiger partial charge in [0.05, 0.1) is 0 Å². The second kappa shape index (κ2) is 3.14. The van der Waals surface area contributed by atoms with Gasteiger partial charge in [-0.05, 0) is 12.8 Å². The summed E-state index contributed by atoms with van der Waals surface area (Å²) in [5.74, 6) is 0.347. The van der Waals surface area contributed by atoms with E-state index in [1.165, 1.54) is 14.1 Å². The molecule has 0 saturated heterocycles. The summed E-state index contributed by atoms with van der Waals surface area (Å²) in [5, 5.41) is 0. The van der Waals surface area contributed by atoms with Crippen LogP contribution in [-0.4, -0.2) is 38.2 Å². The highest BCUT2D eigenvalue weighted by atomic mass is 35.5. The molecule has 0 radical (unpaired) electrons. The summed E-state index contributed by atoms with van der Waals surface area (Å²) in [7, 11) is -0.321. The molecule has 0 aliphatic heterocycles. The van der Waals surface area contributed by atoms with Gasteiger partial charge in [-0.3, -0.25) is 0 Å². The van der Waals surface area contributed by atoms with Crippen molar-refractivity contribution in [1.82, 2.24) is 9.03 Å². The lowest BCUT2D eigenvalue weighted by Gasteiger charge is -2.17. The summed E-state index contributed by atoms with van der Waals surface area (Å²) < 4.78 is 26.3. The largest absolute Gasteiger partial charge is 0.279 e. The van der Waals surface area contributed by atoms with Crippen molar-refractivity contribution in [3.8, 4) is 0 Å². The fourth-order valence-electron chi connectivity index (χ4n) is 0.779. The van der Waals surface area contributed by atoms with Gasteiger partial charge in [-0.25, -0.2) is 0 Å². The maximum atomic E-state index is 11.3. The zero-order chi connectivity index (χ0) is 9.41. The molecule has 0 spiro atoms. The van der Waals surface area contributed by atoms with E-state index in [1.807, 2.05) is 0 Å². The predicted molar refractivity (Wildman–Crippen MR) is 48.4 cm³/mol. The van der Waals surface area contributed by atoms with Crippen molar-refractivity contribution in [2.75, 3.05) is 20.0 Å². The Labute approximate surface area is 78.1 Å². The molecule has 1 saturated carbocycles. The van der Waals surface area contributed by atoms with Crippen LogP contribution in [0.1, 0.15) is 12.8 Å². The van der Waals surface area contributed by atoms with Crippen LogP contribution in [0, 0.1) is 0 Å². The molecule has 0 aromatic carbocycles. The van der Waals surface area contributed by atoms with E-state index in [1.54, 1.807) is 0 Å². The number of alkyl halides is 1. The molecule has 4 nitrogen and oxygen atoms in total. The molecule has 12 heavy (non-hydrogen) atoms. The molecule has 0 bridgehead atoms. The van der Waals surface area contributed by atoms with Crippen LogP contribution in [0.5, 0.6) is 0 Å². The third-order valence-electron chi connectivity index (χ3n) is 1.94. The Morgan fingerprint density at radius 2 is 2.00 bits per heavy atom. The summed E-state index contributed by atoms with van der Waals surface area (Å²) in [5.41, 5.74) is -0.356. The summed E-state index contributed by atoms with van der Waals surface area (Å²) in [6, 6.07) is 0. The first kappa shape index (κ1) is 10.2. The van der Waals surface area contributed by atoms with E-state index in [9.17, 15) is 8.42 Å². The minimum absolute atomic E-state index is 0.347. The van der Waals surface area contributed by atoms with E-state index >= 15 is 0 Å². The average molecular weight is 213 g/mol. The van der Waals surface area contributed by atoms with Crippen molar-refractivity contribution >= 4 is 21.8 Å². The van der Waals surface area contributed by atoms with E-state index in [2.05, 4.69) is 4.72 Å². The molecule has 1 N–H and O–H groups in total. The number of rotatable bonds is 4. The summed E-state index contributed by atoms with van der Waals surface area (Å²) in [6.45, 7) is 0. The Morgan fingerprint density at radius 3 is 2.25 bits per heavy atom. The van der Waals surface area contributed by atoms with Crippen molar-refractivity contribution in [2.24, 2.45) is 0 Å². The SMILES string of the molecule is CN(C)S(=O)(=O)NC1(CCl)CC1. The van der Waals surface area contributed by atoms with Gasteiger partial charge in [0, 0.05) is 25.5 Å². The minimum Gasteiger partial charge on any atom is -0.195 e. The van der Waals surface area contributed by atoms with E-state index < -0.39 is 10.2 Å². The lowest BCUT2D eigenvalue weighted by molar-refractivity contribution is 0.489. The third kappa shape index (κ3) is 2.10. The quantitative estimate of drug-likeness (QED) is 0.675. The number of hydrogen-bond acceptors (Lipinski definition) is 2. The zero-order valence-corrected chi connectivity index (χ0v) is 8.74. The van der Waals surface area contributed by atoms with Crippen LogP contribution in [0.15, 0.2) is 0 Å². The lowest BCUT2D eigenvalue weighted by atomic mass is 10.4. The van der Waals surface area contributed by atoms with Crippen molar-refractivity contribution < 1.29 is 8.42 Å². The monoisotopic (exact) mass is 212 g/mol. The molecule has 0 atom stereocenters. The topological polar surface area (TPSA) is 49.4 Å². The van der Waals surface area contributed by atoms with E-state index in [0.29, 0.717) is 5.88 Å². The van der Waals surface area contributed by atoms with Crippen LogP contribution in [0.4, 0.5) is 0 Å². The third-order valence-corrected chi connectivity index (χ3v) is 4.10. The van der Waals surface area contributed by atoms with Crippen LogP contribution >= 0.6 is 11.6 Å². The molecule has 6 heteroatoms. The highest BCUT2D eigenvalue weighted by Crippen LogP contribution is 2.37. The summed E-state index contributed by atoms with van der Waals surface area (Å²) >= 11 is 5.62.